The first kappa shape index (κ1) is 8.53. The van der Waals surface area contributed by atoms with Crippen molar-refractivity contribution in [2.75, 3.05) is 0 Å². The van der Waals surface area contributed by atoms with Gasteiger partial charge in [0, 0.05) is 11.3 Å². The number of hydrogen-bond acceptors (Lipinski definition) is 2. The van der Waals surface area contributed by atoms with E-state index in [0.717, 1.165) is 0 Å². The SMILES string of the molecule is CC(Cl)C1C(=O)NC(=O)C1C. The molecule has 1 fully saturated rings. The molecule has 1 saturated heterocycles. The molecule has 0 radical (unpaired) electrons. The monoisotopic (exact) mass is 175 g/mol. The molecule has 62 valence electrons. The quantitative estimate of drug-likeness (QED) is 0.467. The van der Waals surface area contributed by atoms with E-state index < -0.39 is 0 Å². The Morgan fingerprint density at radius 3 is 2.18 bits per heavy atom. The lowest BCUT2D eigenvalue weighted by Crippen LogP contribution is -2.25. The fraction of sp³-hybridized carbons (Fsp3) is 0.714. The molecule has 0 aromatic carbocycles. The molecule has 3 unspecified atom stereocenters. The third kappa shape index (κ3) is 1.38. The Morgan fingerprint density at radius 2 is 2.00 bits per heavy atom. The van der Waals surface area contributed by atoms with Gasteiger partial charge in [-0.3, -0.25) is 14.9 Å². The van der Waals surface area contributed by atoms with Crippen molar-refractivity contribution in [1.29, 1.82) is 0 Å². The Hall–Kier alpha value is -0.570. The lowest BCUT2D eigenvalue weighted by Gasteiger charge is -2.11. The van der Waals surface area contributed by atoms with E-state index in [0.29, 0.717) is 0 Å². The molecule has 0 aromatic rings. The molecular weight excluding hydrogens is 166 g/mol. The van der Waals surface area contributed by atoms with Gasteiger partial charge in [0.25, 0.3) is 0 Å². The zero-order valence-corrected chi connectivity index (χ0v) is 7.18. The first-order chi connectivity index (χ1) is 5.04. The minimum Gasteiger partial charge on any atom is -0.296 e. The normalized spacial score (nSPS) is 33.7. The molecule has 1 rings (SSSR count). The van der Waals surface area contributed by atoms with Crippen LogP contribution >= 0.6 is 11.6 Å². The summed E-state index contributed by atoms with van der Waals surface area (Å²) in [7, 11) is 0. The molecule has 1 aliphatic rings. The predicted molar refractivity (Wildman–Crippen MR) is 41.1 cm³/mol. The summed E-state index contributed by atoms with van der Waals surface area (Å²) in [5, 5.41) is 1.95. The van der Waals surface area contributed by atoms with Crippen LogP contribution < -0.4 is 5.32 Å². The van der Waals surface area contributed by atoms with Gasteiger partial charge in [-0.05, 0) is 6.92 Å². The highest BCUT2D eigenvalue weighted by Gasteiger charge is 2.40. The van der Waals surface area contributed by atoms with E-state index in [4.69, 9.17) is 11.6 Å². The Kier molecular flexibility index (Phi) is 2.18. The van der Waals surface area contributed by atoms with Crippen LogP contribution in [0.3, 0.4) is 0 Å². The number of carbonyl (C=O) groups excluding carboxylic acids is 2. The van der Waals surface area contributed by atoms with E-state index >= 15 is 0 Å². The number of halogens is 1. The molecule has 0 saturated carbocycles. The van der Waals surface area contributed by atoms with E-state index in [1.807, 2.05) is 0 Å². The first-order valence-electron chi connectivity index (χ1n) is 3.53. The zero-order valence-electron chi connectivity index (χ0n) is 6.43. The van der Waals surface area contributed by atoms with E-state index in [1.54, 1.807) is 13.8 Å². The topological polar surface area (TPSA) is 46.2 Å². The molecule has 0 aromatic heterocycles. The van der Waals surface area contributed by atoms with Crippen molar-refractivity contribution in [3.05, 3.63) is 0 Å². The fourth-order valence-electron chi connectivity index (χ4n) is 1.32. The van der Waals surface area contributed by atoms with Crippen molar-refractivity contribution < 1.29 is 9.59 Å². The molecule has 3 nitrogen and oxygen atoms in total. The number of amides is 2. The minimum absolute atomic E-state index is 0.215. The van der Waals surface area contributed by atoms with Crippen LogP contribution in [0.4, 0.5) is 0 Å². The third-order valence-corrected chi connectivity index (χ3v) is 2.27. The van der Waals surface area contributed by atoms with Crippen LogP contribution in [-0.2, 0) is 9.59 Å². The molecule has 2 amide bonds. The molecule has 11 heavy (non-hydrogen) atoms. The van der Waals surface area contributed by atoms with Crippen molar-refractivity contribution >= 4 is 23.4 Å². The molecule has 1 aliphatic heterocycles. The second kappa shape index (κ2) is 2.81. The lowest BCUT2D eigenvalue weighted by atomic mass is 9.94. The van der Waals surface area contributed by atoms with Crippen molar-refractivity contribution in [2.45, 2.75) is 19.2 Å². The average Bonchev–Trinajstić information content (AvgIpc) is 2.07. The van der Waals surface area contributed by atoms with Crippen LogP contribution in [0.25, 0.3) is 0 Å². The Balaban J connectivity index is 2.79. The summed E-state index contributed by atoms with van der Waals surface area (Å²) < 4.78 is 0. The maximum Gasteiger partial charge on any atom is 0.231 e. The molecule has 3 atom stereocenters. The highest BCUT2D eigenvalue weighted by Crippen LogP contribution is 2.24. The molecule has 1 N–H and O–H groups in total. The largest absolute Gasteiger partial charge is 0.296 e. The summed E-state index contributed by atoms with van der Waals surface area (Å²) >= 11 is 5.73. The highest BCUT2D eigenvalue weighted by atomic mass is 35.5. The van der Waals surface area contributed by atoms with Crippen molar-refractivity contribution in [2.24, 2.45) is 11.8 Å². The maximum absolute atomic E-state index is 11.0. The van der Waals surface area contributed by atoms with Gasteiger partial charge in [-0.25, -0.2) is 0 Å². The second-order valence-electron chi connectivity index (χ2n) is 2.85. The fourth-order valence-corrected chi connectivity index (χ4v) is 1.65. The molecule has 0 spiro atoms. The number of rotatable bonds is 1. The standard InChI is InChI=1S/C7H10ClNO2/c1-3-5(4(2)8)7(11)9-6(3)10/h3-5H,1-2H3,(H,9,10,11). The minimum atomic E-state index is -0.357. The highest BCUT2D eigenvalue weighted by molar-refractivity contribution is 6.23. The number of carbonyl (C=O) groups is 2. The summed E-state index contributed by atoms with van der Waals surface area (Å²) in [6, 6.07) is 0. The Morgan fingerprint density at radius 1 is 1.45 bits per heavy atom. The molecule has 0 bridgehead atoms. The maximum atomic E-state index is 11.0. The summed E-state index contributed by atoms with van der Waals surface area (Å²) in [4.78, 5) is 21.9. The molecule has 0 aliphatic carbocycles. The smallest absolute Gasteiger partial charge is 0.231 e. The van der Waals surface area contributed by atoms with Crippen LogP contribution in [0.2, 0.25) is 0 Å². The van der Waals surface area contributed by atoms with Crippen LogP contribution in [0.1, 0.15) is 13.8 Å². The summed E-state index contributed by atoms with van der Waals surface area (Å²) in [6.07, 6.45) is 0. The number of imide groups is 1. The van der Waals surface area contributed by atoms with Gasteiger partial charge >= 0.3 is 0 Å². The number of nitrogens with one attached hydrogen (secondary N) is 1. The zero-order chi connectivity index (χ0) is 8.59. The molecular formula is C7H10ClNO2. The van der Waals surface area contributed by atoms with E-state index in [-0.39, 0.29) is 29.0 Å². The van der Waals surface area contributed by atoms with Crippen molar-refractivity contribution in [3.63, 3.8) is 0 Å². The van der Waals surface area contributed by atoms with Gasteiger partial charge in [0.1, 0.15) is 0 Å². The lowest BCUT2D eigenvalue weighted by molar-refractivity contribution is -0.126. The summed E-state index contributed by atoms with van der Waals surface area (Å²) in [5.74, 6) is -1.10. The Bertz CT molecular complexity index is 203. The Labute approximate surface area is 70.1 Å². The van der Waals surface area contributed by atoms with E-state index in [1.165, 1.54) is 0 Å². The number of alkyl halides is 1. The van der Waals surface area contributed by atoms with Gasteiger partial charge in [-0.15, -0.1) is 11.6 Å². The van der Waals surface area contributed by atoms with Gasteiger partial charge in [-0.2, -0.15) is 0 Å². The van der Waals surface area contributed by atoms with Gasteiger partial charge in [0.2, 0.25) is 11.8 Å². The summed E-state index contributed by atoms with van der Waals surface area (Å²) in [6.45, 7) is 3.44. The first-order valence-corrected chi connectivity index (χ1v) is 3.96. The van der Waals surface area contributed by atoms with Crippen LogP contribution in [0.15, 0.2) is 0 Å². The van der Waals surface area contributed by atoms with E-state index in [9.17, 15) is 9.59 Å². The van der Waals surface area contributed by atoms with Gasteiger partial charge in [0.05, 0.1) is 5.92 Å². The van der Waals surface area contributed by atoms with Gasteiger partial charge in [-0.1, -0.05) is 6.92 Å². The number of hydrogen-bond donors (Lipinski definition) is 1. The molecule has 1 heterocycles. The van der Waals surface area contributed by atoms with Gasteiger partial charge < -0.3 is 0 Å². The molecule has 4 heteroatoms. The third-order valence-electron chi connectivity index (χ3n) is 2.00. The average molecular weight is 176 g/mol. The van der Waals surface area contributed by atoms with Crippen LogP contribution in [-0.4, -0.2) is 17.2 Å². The van der Waals surface area contributed by atoms with Gasteiger partial charge in [0.15, 0.2) is 0 Å². The second-order valence-corrected chi connectivity index (χ2v) is 3.53. The summed E-state index contributed by atoms with van der Waals surface area (Å²) in [5.41, 5.74) is 0. The van der Waals surface area contributed by atoms with Crippen LogP contribution in [0, 0.1) is 11.8 Å². The van der Waals surface area contributed by atoms with Crippen molar-refractivity contribution in [3.8, 4) is 0 Å². The predicted octanol–water partition coefficient (Wildman–Crippen LogP) is 0.522. The van der Waals surface area contributed by atoms with Crippen molar-refractivity contribution in [1.82, 2.24) is 5.32 Å². The van der Waals surface area contributed by atoms with Crippen LogP contribution in [0.5, 0.6) is 0 Å². The van der Waals surface area contributed by atoms with E-state index in [2.05, 4.69) is 5.32 Å².